The molecule has 9 nitrogen and oxygen atoms in total. The Morgan fingerprint density at radius 3 is 2.38 bits per heavy atom. The van der Waals surface area contributed by atoms with Crippen molar-refractivity contribution in [3.05, 3.63) is 59.7 Å². The lowest BCUT2D eigenvalue weighted by atomic mass is 10.1. The number of benzene rings is 1. The van der Waals surface area contributed by atoms with Crippen molar-refractivity contribution in [3.8, 4) is 11.3 Å². The van der Waals surface area contributed by atoms with E-state index in [1.165, 1.54) is 12.3 Å². The van der Waals surface area contributed by atoms with Crippen molar-refractivity contribution in [1.29, 1.82) is 0 Å². The molecule has 0 bridgehead atoms. The monoisotopic (exact) mass is 534 g/mol. The second-order valence-electron chi connectivity index (χ2n) is 10.5. The molecule has 2 unspecified atom stereocenters. The van der Waals surface area contributed by atoms with Crippen LogP contribution in [0.5, 0.6) is 0 Å². The number of amides is 1. The lowest BCUT2D eigenvalue weighted by Gasteiger charge is -2.42. The highest BCUT2D eigenvalue weighted by atomic mass is 19.1. The Hall–Kier alpha value is -3.99. The summed E-state index contributed by atoms with van der Waals surface area (Å²) in [4.78, 5) is 34.2. The summed E-state index contributed by atoms with van der Waals surface area (Å²) in [5, 5.41) is 2.95. The minimum absolute atomic E-state index is 0.0427. The third-order valence-corrected chi connectivity index (χ3v) is 7.36. The smallest absolute Gasteiger partial charge is 0.255 e. The van der Waals surface area contributed by atoms with E-state index in [-0.39, 0.29) is 46.8 Å². The minimum Gasteiger partial charge on any atom is -0.335 e. The zero-order chi connectivity index (χ0) is 28.0. The number of imidazole rings is 1. The van der Waals surface area contributed by atoms with Gasteiger partial charge in [0.1, 0.15) is 22.9 Å². The molecule has 1 aromatic carbocycles. The Kier molecular flexibility index (Phi) is 7.02. The van der Waals surface area contributed by atoms with E-state index >= 15 is 0 Å². The van der Waals surface area contributed by atoms with Crippen LogP contribution in [0.15, 0.2) is 36.7 Å². The van der Waals surface area contributed by atoms with Gasteiger partial charge in [-0.1, -0.05) is 0 Å². The highest BCUT2D eigenvalue weighted by molar-refractivity contribution is 5.94. The van der Waals surface area contributed by atoms with Gasteiger partial charge in [0, 0.05) is 43.0 Å². The third kappa shape index (κ3) is 5.06. The number of hydrogen-bond acceptors (Lipinski definition) is 7. The van der Waals surface area contributed by atoms with Gasteiger partial charge in [-0.25, -0.2) is 28.7 Å². The van der Waals surface area contributed by atoms with Crippen molar-refractivity contribution in [3.63, 3.8) is 0 Å². The fourth-order valence-electron chi connectivity index (χ4n) is 5.15. The van der Waals surface area contributed by atoms with Gasteiger partial charge >= 0.3 is 0 Å². The number of aryl methyl sites for hydroxylation is 1. The number of pyridine rings is 1. The van der Waals surface area contributed by atoms with Gasteiger partial charge in [0.15, 0.2) is 11.6 Å². The lowest BCUT2D eigenvalue weighted by Crippen LogP contribution is -2.56. The number of rotatable bonds is 5. The first kappa shape index (κ1) is 26.6. The maximum atomic E-state index is 15.0. The predicted octanol–water partition coefficient (Wildman–Crippen LogP) is 4.96. The molecule has 1 amide bonds. The van der Waals surface area contributed by atoms with Gasteiger partial charge in [-0.05, 0) is 65.9 Å². The van der Waals surface area contributed by atoms with E-state index in [9.17, 15) is 13.6 Å². The first-order valence-corrected chi connectivity index (χ1v) is 13.0. The average Bonchev–Trinajstić information content (AvgIpc) is 3.24. The van der Waals surface area contributed by atoms with Crippen LogP contribution in [0.1, 0.15) is 49.9 Å². The van der Waals surface area contributed by atoms with E-state index in [0.717, 1.165) is 6.20 Å². The molecule has 1 fully saturated rings. The first-order chi connectivity index (χ1) is 18.5. The summed E-state index contributed by atoms with van der Waals surface area (Å²) < 4.78 is 31.7. The van der Waals surface area contributed by atoms with Gasteiger partial charge in [0.05, 0.1) is 17.3 Å². The number of nitrogens with zero attached hydrogens (tertiary/aromatic N) is 7. The van der Waals surface area contributed by atoms with Crippen LogP contribution >= 0.6 is 0 Å². The molecule has 1 N–H and O–H groups in total. The molecule has 4 heterocycles. The average molecular weight is 535 g/mol. The van der Waals surface area contributed by atoms with Gasteiger partial charge < -0.3 is 14.8 Å². The Morgan fingerprint density at radius 2 is 1.74 bits per heavy atom. The second-order valence-corrected chi connectivity index (χ2v) is 10.5. The van der Waals surface area contributed by atoms with Crippen molar-refractivity contribution in [1.82, 2.24) is 34.3 Å². The van der Waals surface area contributed by atoms with Gasteiger partial charge in [-0.2, -0.15) is 0 Å². The van der Waals surface area contributed by atoms with E-state index in [1.54, 1.807) is 18.2 Å². The molecule has 0 spiro atoms. The van der Waals surface area contributed by atoms with Crippen LogP contribution in [0.4, 0.5) is 20.5 Å². The molecule has 39 heavy (non-hydrogen) atoms. The zero-order valence-electron chi connectivity index (χ0n) is 22.9. The van der Waals surface area contributed by atoms with Crippen LogP contribution in [0.3, 0.4) is 0 Å². The molecule has 0 aliphatic carbocycles. The lowest BCUT2D eigenvalue weighted by molar-refractivity contribution is 0.0414. The van der Waals surface area contributed by atoms with Crippen molar-refractivity contribution in [2.45, 2.75) is 52.7 Å². The van der Waals surface area contributed by atoms with E-state index in [0.29, 0.717) is 35.8 Å². The van der Waals surface area contributed by atoms with E-state index in [4.69, 9.17) is 0 Å². The molecule has 3 aromatic heterocycles. The SMILES string of the molecule is Cc1nc2c(F)cc(-c3nc(Nc4ccc(C(=O)N5CC(C)N(C)C(C)C5)cn4)ncc3F)cc2n1C(C)C. The number of carbonyl (C=O) groups excluding carboxylic acids is 1. The number of fused-ring (bicyclic) bond motifs is 1. The molecule has 1 aliphatic rings. The number of halogens is 2. The number of piperazine rings is 1. The molecule has 204 valence electrons. The maximum Gasteiger partial charge on any atom is 0.255 e. The van der Waals surface area contributed by atoms with Crippen LogP contribution in [-0.4, -0.2) is 72.4 Å². The molecule has 0 saturated carbocycles. The molecule has 11 heteroatoms. The molecule has 1 aliphatic heterocycles. The summed E-state index contributed by atoms with van der Waals surface area (Å²) in [7, 11) is 2.07. The van der Waals surface area contributed by atoms with Crippen LogP contribution in [-0.2, 0) is 0 Å². The third-order valence-electron chi connectivity index (χ3n) is 7.36. The second kappa shape index (κ2) is 10.3. The normalized spacial score (nSPS) is 18.2. The molecular weight excluding hydrogens is 502 g/mol. The summed E-state index contributed by atoms with van der Waals surface area (Å²) >= 11 is 0. The number of likely N-dealkylation sites (N-methyl/N-ethyl adjacent to an activating group) is 1. The fourth-order valence-corrected chi connectivity index (χ4v) is 5.15. The van der Waals surface area contributed by atoms with Crippen LogP contribution in [0, 0.1) is 18.6 Å². The van der Waals surface area contributed by atoms with Crippen molar-refractivity contribution < 1.29 is 13.6 Å². The summed E-state index contributed by atoms with van der Waals surface area (Å²) in [6.45, 7) is 11.3. The van der Waals surface area contributed by atoms with Gasteiger partial charge in [-0.15, -0.1) is 0 Å². The summed E-state index contributed by atoms with van der Waals surface area (Å²) in [6, 6.07) is 6.83. The summed E-state index contributed by atoms with van der Waals surface area (Å²) in [5.74, 6) is -0.159. The first-order valence-electron chi connectivity index (χ1n) is 13.0. The number of nitrogens with one attached hydrogen (secondary N) is 1. The summed E-state index contributed by atoms with van der Waals surface area (Å²) in [5.41, 5.74) is 1.50. The molecular formula is C28H32F2N8O. The molecule has 4 aromatic rings. The van der Waals surface area contributed by atoms with Gasteiger partial charge in [0.2, 0.25) is 5.95 Å². The Bertz CT molecular complexity index is 1520. The van der Waals surface area contributed by atoms with Crippen molar-refractivity contribution in [2.24, 2.45) is 0 Å². The van der Waals surface area contributed by atoms with Crippen LogP contribution in [0.2, 0.25) is 0 Å². The topological polar surface area (TPSA) is 92.1 Å². The number of carbonyl (C=O) groups is 1. The fraction of sp³-hybridized carbons (Fsp3) is 0.393. The van der Waals surface area contributed by atoms with Crippen molar-refractivity contribution in [2.75, 3.05) is 25.5 Å². The molecule has 0 radical (unpaired) electrons. The van der Waals surface area contributed by atoms with Gasteiger partial charge in [0.25, 0.3) is 5.91 Å². The minimum atomic E-state index is -0.684. The standard InChI is InChI=1S/C28H32F2N8O/c1-15(2)38-18(5)33-26-21(29)9-20(10-23(26)38)25-22(30)12-32-28(35-25)34-24-8-7-19(11-31-24)27(39)37-13-16(3)36(6)17(4)14-37/h7-12,15-17H,13-14H2,1-6H3,(H,31,32,34,35). The van der Waals surface area contributed by atoms with E-state index in [2.05, 4.69) is 51.0 Å². The number of aromatic nitrogens is 5. The van der Waals surface area contributed by atoms with Crippen LogP contribution in [0.25, 0.3) is 22.3 Å². The predicted molar refractivity (Wildman–Crippen MR) is 146 cm³/mol. The largest absolute Gasteiger partial charge is 0.335 e. The molecule has 1 saturated heterocycles. The van der Waals surface area contributed by atoms with E-state index in [1.807, 2.05) is 30.2 Å². The summed E-state index contributed by atoms with van der Waals surface area (Å²) in [6.07, 6.45) is 2.53. The van der Waals surface area contributed by atoms with E-state index < -0.39 is 11.6 Å². The highest BCUT2D eigenvalue weighted by Crippen LogP contribution is 2.30. The van der Waals surface area contributed by atoms with Crippen LogP contribution < -0.4 is 5.32 Å². The highest BCUT2D eigenvalue weighted by Gasteiger charge is 2.30. The zero-order valence-corrected chi connectivity index (χ0v) is 22.9. The van der Waals surface area contributed by atoms with Gasteiger partial charge in [-0.3, -0.25) is 9.69 Å². The van der Waals surface area contributed by atoms with Crippen molar-refractivity contribution >= 4 is 28.7 Å². The number of anilines is 2. The Labute approximate surface area is 225 Å². The molecule has 2 atom stereocenters. The Balaban J connectivity index is 1.38. The maximum absolute atomic E-state index is 15.0. The Morgan fingerprint density at radius 1 is 1.03 bits per heavy atom. The molecule has 5 rings (SSSR count). The number of hydrogen-bond donors (Lipinski definition) is 1. The quantitative estimate of drug-likeness (QED) is 0.387.